The van der Waals surface area contributed by atoms with Crippen LogP contribution in [-0.2, 0) is 21.0 Å². The van der Waals surface area contributed by atoms with Crippen LogP contribution in [0.3, 0.4) is 0 Å². The number of anilines is 1. The molecule has 0 aliphatic rings. The Morgan fingerprint density at radius 3 is 2.58 bits per heavy atom. The van der Waals surface area contributed by atoms with Gasteiger partial charge < -0.3 is 19.2 Å². The van der Waals surface area contributed by atoms with Gasteiger partial charge >= 0.3 is 5.97 Å². The molecule has 38 heavy (non-hydrogen) atoms. The maximum absolute atomic E-state index is 13.1. The zero-order valence-electron chi connectivity index (χ0n) is 20.7. The molecule has 0 bridgehead atoms. The molecule has 0 fully saturated rings. The number of nitrogens with one attached hydrogen (secondary N) is 1. The van der Waals surface area contributed by atoms with Crippen molar-refractivity contribution in [2.75, 3.05) is 19.5 Å². The van der Waals surface area contributed by atoms with Gasteiger partial charge in [0.05, 0.1) is 31.8 Å². The third-order valence-electron chi connectivity index (χ3n) is 5.49. The van der Waals surface area contributed by atoms with Crippen LogP contribution < -0.4 is 10.1 Å². The lowest BCUT2D eigenvalue weighted by Gasteiger charge is -2.10. The van der Waals surface area contributed by atoms with Gasteiger partial charge in [0.2, 0.25) is 0 Å². The first-order chi connectivity index (χ1) is 18.5. The van der Waals surface area contributed by atoms with Crippen molar-refractivity contribution in [3.63, 3.8) is 0 Å². The second kappa shape index (κ2) is 12.8. The van der Waals surface area contributed by atoms with Gasteiger partial charge in [0.25, 0.3) is 5.91 Å². The van der Waals surface area contributed by atoms with Gasteiger partial charge in [-0.2, -0.15) is 5.26 Å². The summed E-state index contributed by atoms with van der Waals surface area (Å²) in [6.07, 6.45) is 3.15. The van der Waals surface area contributed by atoms with Crippen LogP contribution in [0.2, 0.25) is 0 Å². The highest BCUT2D eigenvalue weighted by Crippen LogP contribution is 2.36. The summed E-state index contributed by atoms with van der Waals surface area (Å²) < 4.78 is 15.8. The Bertz CT molecular complexity index is 1490. The molecule has 4 aromatic rings. The van der Waals surface area contributed by atoms with Crippen molar-refractivity contribution in [3.8, 4) is 22.3 Å². The number of esters is 1. The number of amides is 1. The van der Waals surface area contributed by atoms with Gasteiger partial charge in [-0.25, -0.2) is 4.79 Å². The molecular formula is C29H24N2O5S2. The fourth-order valence-electron chi connectivity index (χ4n) is 3.63. The van der Waals surface area contributed by atoms with Crippen molar-refractivity contribution in [1.29, 1.82) is 5.26 Å². The van der Waals surface area contributed by atoms with Crippen LogP contribution in [0, 0.1) is 11.3 Å². The highest BCUT2D eigenvalue weighted by atomic mass is 32.2. The first-order valence-electron chi connectivity index (χ1n) is 11.5. The van der Waals surface area contributed by atoms with Crippen LogP contribution in [0.4, 0.5) is 5.00 Å². The second-order valence-corrected chi connectivity index (χ2v) is 10.0. The molecule has 2 aromatic heterocycles. The Morgan fingerprint density at radius 2 is 1.89 bits per heavy atom. The minimum Gasteiger partial charge on any atom is -0.496 e. The minimum absolute atomic E-state index is 0.102. The molecule has 192 valence electrons. The molecule has 9 heteroatoms. The number of nitriles is 1. The number of benzene rings is 2. The lowest BCUT2D eigenvalue weighted by atomic mass is 10.1. The number of ether oxygens (including phenoxy) is 2. The van der Waals surface area contributed by atoms with Crippen molar-refractivity contribution in [2.24, 2.45) is 0 Å². The van der Waals surface area contributed by atoms with E-state index >= 15 is 0 Å². The van der Waals surface area contributed by atoms with Crippen molar-refractivity contribution < 1.29 is 23.5 Å². The standard InChI is InChI=1S/C29H24N2O5S2/c1-34-25-11-10-19(14-22(25)17-37-18-23-9-6-12-36-23)13-21(16-30)27(32)31-28-24(29(33)35-2)15-26(38-28)20-7-4-3-5-8-20/h3-15H,17-18H2,1-2H3,(H,31,32)/b21-13+. The third kappa shape index (κ3) is 6.54. The van der Waals surface area contributed by atoms with Crippen LogP contribution in [0.25, 0.3) is 16.5 Å². The van der Waals surface area contributed by atoms with Crippen LogP contribution in [0.1, 0.15) is 27.2 Å². The van der Waals surface area contributed by atoms with E-state index in [1.165, 1.54) is 24.5 Å². The molecule has 0 spiro atoms. The number of thiophene rings is 1. The maximum Gasteiger partial charge on any atom is 0.340 e. The maximum atomic E-state index is 13.1. The van der Waals surface area contributed by atoms with Gasteiger partial charge in [-0.15, -0.1) is 23.1 Å². The van der Waals surface area contributed by atoms with Gasteiger partial charge in [-0.1, -0.05) is 36.4 Å². The van der Waals surface area contributed by atoms with Crippen LogP contribution >= 0.6 is 23.1 Å². The number of rotatable bonds is 10. The number of methoxy groups -OCH3 is 2. The summed E-state index contributed by atoms with van der Waals surface area (Å²) in [5, 5.41) is 12.8. The SMILES string of the molecule is COC(=O)c1cc(-c2ccccc2)sc1NC(=O)/C(C#N)=C/c1ccc(OC)c(CSCc2ccco2)c1. The monoisotopic (exact) mass is 544 g/mol. The Labute approximate surface area is 228 Å². The van der Waals surface area contributed by atoms with E-state index in [9.17, 15) is 14.9 Å². The molecule has 0 aliphatic heterocycles. The zero-order valence-corrected chi connectivity index (χ0v) is 22.4. The molecule has 0 atom stereocenters. The van der Waals surface area contributed by atoms with E-state index < -0.39 is 11.9 Å². The van der Waals surface area contributed by atoms with Crippen molar-refractivity contribution in [1.82, 2.24) is 0 Å². The number of carbonyl (C=O) groups excluding carboxylic acids is 2. The summed E-state index contributed by atoms with van der Waals surface area (Å²) in [4.78, 5) is 26.3. The fourth-order valence-corrected chi connectivity index (χ4v) is 5.59. The second-order valence-electron chi connectivity index (χ2n) is 7.98. The molecule has 7 nitrogen and oxygen atoms in total. The highest BCUT2D eigenvalue weighted by molar-refractivity contribution is 7.97. The number of furan rings is 1. The van der Waals surface area contributed by atoms with E-state index in [4.69, 9.17) is 13.9 Å². The minimum atomic E-state index is -0.622. The van der Waals surface area contributed by atoms with Gasteiger partial charge in [0.1, 0.15) is 28.2 Å². The molecule has 0 aliphatic carbocycles. The highest BCUT2D eigenvalue weighted by Gasteiger charge is 2.21. The average molecular weight is 545 g/mol. The van der Waals surface area contributed by atoms with Crippen LogP contribution in [-0.4, -0.2) is 26.1 Å². The quantitative estimate of drug-likeness (QED) is 0.133. The molecule has 0 unspecified atom stereocenters. The van der Waals surface area contributed by atoms with E-state index in [1.807, 2.05) is 60.7 Å². The van der Waals surface area contributed by atoms with Crippen LogP contribution in [0.5, 0.6) is 5.75 Å². The molecule has 0 saturated carbocycles. The molecule has 2 aromatic carbocycles. The van der Waals surface area contributed by atoms with Crippen molar-refractivity contribution >= 4 is 46.1 Å². The summed E-state index contributed by atoms with van der Waals surface area (Å²) in [6, 6.07) is 22.4. The van der Waals surface area contributed by atoms with E-state index in [0.717, 1.165) is 21.8 Å². The van der Waals surface area contributed by atoms with Crippen molar-refractivity contribution in [2.45, 2.75) is 11.5 Å². The molecule has 1 amide bonds. The first-order valence-corrected chi connectivity index (χ1v) is 13.5. The molecular weight excluding hydrogens is 520 g/mol. The molecule has 4 rings (SSSR count). The van der Waals surface area contributed by atoms with Crippen molar-refractivity contribution in [3.05, 3.63) is 101 Å². The third-order valence-corrected chi connectivity index (χ3v) is 7.59. The molecule has 2 heterocycles. The Hall–Kier alpha value is -4.26. The smallest absolute Gasteiger partial charge is 0.340 e. The topological polar surface area (TPSA) is 102 Å². The van der Waals surface area contributed by atoms with Crippen LogP contribution in [0.15, 0.2) is 83.0 Å². The zero-order chi connectivity index (χ0) is 26.9. The number of nitrogens with zero attached hydrogens (tertiary/aromatic N) is 1. The number of thioether (sulfide) groups is 1. The Kier molecular flexibility index (Phi) is 9.03. The molecule has 1 N–H and O–H groups in total. The predicted octanol–water partition coefficient (Wildman–Crippen LogP) is 6.78. The van der Waals surface area contributed by atoms with Gasteiger partial charge in [0.15, 0.2) is 0 Å². The predicted molar refractivity (Wildman–Crippen MR) is 150 cm³/mol. The molecule has 0 radical (unpaired) electrons. The largest absolute Gasteiger partial charge is 0.496 e. The number of hydrogen-bond donors (Lipinski definition) is 1. The van der Waals surface area contributed by atoms with E-state index in [2.05, 4.69) is 5.32 Å². The molecule has 0 saturated heterocycles. The average Bonchev–Trinajstić information content (AvgIpc) is 3.62. The number of carbonyl (C=O) groups is 2. The number of hydrogen-bond acceptors (Lipinski definition) is 8. The van der Waals surface area contributed by atoms with E-state index in [0.29, 0.717) is 27.8 Å². The lowest BCUT2D eigenvalue weighted by molar-refractivity contribution is -0.112. The summed E-state index contributed by atoms with van der Waals surface area (Å²) in [7, 11) is 2.88. The Morgan fingerprint density at radius 1 is 1.08 bits per heavy atom. The summed E-state index contributed by atoms with van der Waals surface area (Å²) in [5.41, 5.74) is 2.62. The Balaban J connectivity index is 1.55. The summed E-state index contributed by atoms with van der Waals surface area (Å²) in [6.45, 7) is 0. The van der Waals surface area contributed by atoms with E-state index in [1.54, 1.807) is 37.3 Å². The summed E-state index contributed by atoms with van der Waals surface area (Å²) in [5.74, 6) is 1.75. The van der Waals surface area contributed by atoms with Gasteiger partial charge in [0, 0.05) is 16.2 Å². The normalized spacial score (nSPS) is 11.0. The first kappa shape index (κ1) is 26.8. The van der Waals surface area contributed by atoms with Gasteiger partial charge in [-0.3, -0.25) is 4.79 Å². The van der Waals surface area contributed by atoms with Gasteiger partial charge in [-0.05, 0) is 47.5 Å². The lowest BCUT2D eigenvalue weighted by Crippen LogP contribution is -2.15. The fraction of sp³-hybridized carbons (Fsp3) is 0.138. The van der Waals surface area contributed by atoms with E-state index in [-0.39, 0.29) is 11.1 Å². The summed E-state index contributed by atoms with van der Waals surface area (Å²) >= 11 is 2.90.